The second-order valence-corrected chi connectivity index (χ2v) is 8.53. The van der Waals surface area contributed by atoms with Crippen molar-refractivity contribution in [2.24, 2.45) is 0 Å². The summed E-state index contributed by atoms with van der Waals surface area (Å²) in [4.78, 5) is 0. The van der Waals surface area contributed by atoms with Crippen molar-refractivity contribution in [1.29, 1.82) is 0 Å². The average Bonchev–Trinajstić information content (AvgIpc) is 2.36. The van der Waals surface area contributed by atoms with E-state index in [1.165, 1.54) is 0 Å². The third-order valence-corrected chi connectivity index (χ3v) is 5.22. The fourth-order valence-electron chi connectivity index (χ4n) is 1.20. The SMILES string of the molecule is Cc1ccc([Si](C)(C)CCO)o1. The Balaban J connectivity index is 2.81. The third kappa shape index (κ3) is 1.99. The van der Waals surface area contributed by atoms with Gasteiger partial charge >= 0.3 is 0 Å². The van der Waals surface area contributed by atoms with Crippen molar-refractivity contribution in [1.82, 2.24) is 0 Å². The molecular weight excluding hydrogens is 168 g/mol. The van der Waals surface area contributed by atoms with E-state index in [4.69, 9.17) is 9.52 Å². The minimum absolute atomic E-state index is 0.263. The first-order valence-corrected chi connectivity index (χ1v) is 7.45. The number of hydrogen-bond acceptors (Lipinski definition) is 2. The Hall–Kier alpha value is -0.543. The highest BCUT2D eigenvalue weighted by atomic mass is 28.3. The maximum Gasteiger partial charge on any atom is 0.128 e. The van der Waals surface area contributed by atoms with Gasteiger partial charge in [0.2, 0.25) is 0 Å². The average molecular weight is 184 g/mol. The summed E-state index contributed by atoms with van der Waals surface area (Å²) in [5.41, 5.74) is 0. The second kappa shape index (κ2) is 3.45. The number of aliphatic hydroxyl groups is 1. The van der Waals surface area contributed by atoms with Crippen molar-refractivity contribution in [3.8, 4) is 0 Å². The van der Waals surface area contributed by atoms with Crippen molar-refractivity contribution in [3.63, 3.8) is 0 Å². The zero-order chi connectivity index (χ0) is 9.19. The van der Waals surface area contributed by atoms with Gasteiger partial charge in [-0.15, -0.1) is 0 Å². The molecule has 0 radical (unpaired) electrons. The third-order valence-electron chi connectivity index (χ3n) is 2.14. The number of aryl methyl sites for hydroxylation is 1. The van der Waals surface area contributed by atoms with E-state index in [1.54, 1.807) is 0 Å². The molecule has 0 unspecified atom stereocenters. The van der Waals surface area contributed by atoms with Gasteiger partial charge in [0.15, 0.2) is 0 Å². The highest BCUT2D eigenvalue weighted by Crippen LogP contribution is 2.10. The minimum Gasteiger partial charge on any atom is -0.472 e. The predicted molar refractivity (Wildman–Crippen MR) is 52.5 cm³/mol. The van der Waals surface area contributed by atoms with Crippen LogP contribution in [0.2, 0.25) is 19.1 Å². The maximum absolute atomic E-state index is 8.86. The van der Waals surface area contributed by atoms with Gasteiger partial charge in [0.05, 0.1) is 11.1 Å². The van der Waals surface area contributed by atoms with Crippen LogP contribution in [0.4, 0.5) is 0 Å². The molecule has 68 valence electrons. The highest BCUT2D eigenvalue weighted by molar-refractivity contribution is 6.88. The molecule has 2 nitrogen and oxygen atoms in total. The molecule has 0 saturated carbocycles. The Morgan fingerprint density at radius 3 is 2.50 bits per heavy atom. The smallest absolute Gasteiger partial charge is 0.128 e. The zero-order valence-corrected chi connectivity index (χ0v) is 8.92. The lowest BCUT2D eigenvalue weighted by atomic mass is 10.5. The molecule has 0 bridgehead atoms. The van der Waals surface area contributed by atoms with Crippen LogP contribution in [0.15, 0.2) is 16.5 Å². The molecule has 1 heterocycles. The van der Waals surface area contributed by atoms with Gasteiger partial charge in [0.25, 0.3) is 0 Å². The molecule has 12 heavy (non-hydrogen) atoms. The largest absolute Gasteiger partial charge is 0.472 e. The zero-order valence-electron chi connectivity index (χ0n) is 7.92. The van der Waals surface area contributed by atoms with Crippen LogP contribution >= 0.6 is 0 Å². The van der Waals surface area contributed by atoms with E-state index in [9.17, 15) is 0 Å². The van der Waals surface area contributed by atoms with Crippen molar-refractivity contribution in [2.45, 2.75) is 26.1 Å². The molecular formula is C9H16O2Si. The van der Waals surface area contributed by atoms with E-state index in [1.807, 2.05) is 19.1 Å². The summed E-state index contributed by atoms with van der Waals surface area (Å²) < 4.78 is 5.55. The topological polar surface area (TPSA) is 33.4 Å². The Kier molecular flexibility index (Phi) is 2.75. The molecule has 0 saturated heterocycles. The molecule has 0 aliphatic rings. The second-order valence-electron chi connectivity index (χ2n) is 3.77. The first-order valence-electron chi connectivity index (χ1n) is 4.24. The van der Waals surface area contributed by atoms with Crippen LogP contribution in [-0.4, -0.2) is 19.8 Å². The van der Waals surface area contributed by atoms with Gasteiger partial charge in [-0.3, -0.25) is 0 Å². The summed E-state index contributed by atoms with van der Waals surface area (Å²) in [6.45, 7) is 6.63. The van der Waals surface area contributed by atoms with Gasteiger partial charge in [0.1, 0.15) is 8.07 Å². The van der Waals surface area contributed by atoms with Crippen LogP contribution < -0.4 is 5.38 Å². The van der Waals surface area contributed by atoms with Crippen molar-refractivity contribution < 1.29 is 9.52 Å². The summed E-state index contributed by atoms with van der Waals surface area (Å²) in [5, 5.41) is 9.95. The normalized spacial score (nSPS) is 12.0. The van der Waals surface area contributed by atoms with E-state index in [-0.39, 0.29) is 6.61 Å². The summed E-state index contributed by atoms with van der Waals surface area (Å²) in [5.74, 6) is 0.962. The molecule has 0 aromatic carbocycles. The van der Waals surface area contributed by atoms with E-state index < -0.39 is 8.07 Å². The lowest BCUT2D eigenvalue weighted by Gasteiger charge is -2.17. The van der Waals surface area contributed by atoms with Gasteiger partial charge in [0, 0.05) is 6.61 Å². The van der Waals surface area contributed by atoms with Crippen LogP contribution in [0.1, 0.15) is 5.76 Å². The number of rotatable bonds is 3. The quantitative estimate of drug-likeness (QED) is 0.722. The van der Waals surface area contributed by atoms with Gasteiger partial charge < -0.3 is 9.52 Å². The molecule has 0 amide bonds. The van der Waals surface area contributed by atoms with E-state index in [0.717, 1.165) is 17.2 Å². The van der Waals surface area contributed by atoms with Crippen LogP contribution in [0, 0.1) is 6.92 Å². The fraction of sp³-hybridized carbons (Fsp3) is 0.556. The van der Waals surface area contributed by atoms with Crippen LogP contribution in [-0.2, 0) is 0 Å². The molecule has 0 fully saturated rings. The standard InChI is InChI=1S/C9H16O2Si/c1-8-4-5-9(11-8)12(2,3)7-6-10/h4-5,10H,6-7H2,1-3H3. The first kappa shape index (κ1) is 9.54. The van der Waals surface area contributed by atoms with Gasteiger partial charge in [-0.05, 0) is 25.1 Å². The molecule has 1 aromatic rings. The molecule has 0 spiro atoms. The lowest BCUT2D eigenvalue weighted by Crippen LogP contribution is -2.40. The Bertz CT molecular complexity index is 253. The molecule has 3 heteroatoms. The Labute approximate surface area is 74.2 Å². The lowest BCUT2D eigenvalue weighted by molar-refractivity contribution is 0.316. The predicted octanol–water partition coefficient (Wildman–Crippen LogP) is 1.50. The van der Waals surface area contributed by atoms with Crippen LogP contribution in [0.5, 0.6) is 0 Å². The Morgan fingerprint density at radius 2 is 2.08 bits per heavy atom. The maximum atomic E-state index is 8.86. The van der Waals surface area contributed by atoms with E-state index in [2.05, 4.69) is 13.1 Å². The summed E-state index contributed by atoms with van der Waals surface area (Å²) in [7, 11) is -1.48. The fourth-order valence-corrected chi connectivity index (χ4v) is 2.98. The Morgan fingerprint density at radius 1 is 1.42 bits per heavy atom. The monoisotopic (exact) mass is 184 g/mol. The molecule has 1 N–H and O–H groups in total. The molecule has 1 aromatic heterocycles. The summed E-state index contributed by atoms with van der Waals surface area (Å²) in [6.07, 6.45) is 0. The van der Waals surface area contributed by atoms with Crippen molar-refractivity contribution >= 4 is 13.5 Å². The summed E-state index contributed by atoms with van der Waals surface area (Å²) >= 11 is 0. The molecule has 0 aliphatic heterocycles. The summed E-state index contributed by atoms with van der Waals surface area (Å²) in [6, 6.07) is 4.90. The van der Waals surface area contributed by atoms with Gasteiger partial charge in [-0.25, -0.2) is 0 Å². The van der Waals surface area contributed by atoms with Gasteiger partial charge in [-0.2, -0.15) is 0 Å². The molecule has 0 aliphatic carbocycles. The number of hydrogen-bond donors (Lipinski definition) is 1. The van der Waals surface area contributed by atoms with E-state index >= 15 is 0 Å². The van der Waals surface area contributed by atoms with Crippen LogP contribution in [0.3, 0.4) is 0 Å². The van der Waals surface area contributed by atoms with Crippen molar-refractivity contribution in [3.05, 3.63) is 17.9 Å². The van der Waals surface area contributed by atoms with Gasteiger partial charge in [-0.1, -0.05) is 13.1 Å². The molecule has 0 atom stereocenters. The van der Waals surface area contributed by atoms with E-state index in [0.29, 0.717) is 0 Å². The number of furan rings is 1. The molecule has 1 rings (SSSR count). The van der Waals surface area contributed by atoms with Crippen molar-refractivity contribution in [2.75, 3.05) is 6.61 Å². The first-order chi connectivity index (χ1) is 5.56. The highest BCUT2D eigenvalue weighted by Gasteiger charge is 2.26. The number of aliphatic hydroxyl groups excluding tert-OH is 1. The van der Waals surface area contributed by atoms with Crippen LogP contribution in [0.25, 0.3) is 0 Å². The minimum atomic E-state index is -1.48.